The predicted molar refractivity (Wildman–Crippen MR) is 76.1 cm³/mol. The monoisotopic (exact) mass is 268 g/mol. The molecule has 0 saturated carbocycles. The van der Waals surface area contributed by atoms with E-state index in [0.717, 1.165) is 32.6 Å². The Bertz CT molecular complexity index is 389. The Morgan fingerprint density at radius 1 is 1.39 bits per heavy atom. The molecule has 3 nitrogen and oxygen atoms in total. The molecule has 0 bridgehead atoms. The molecule has 1 fully saturated rings. The Kier molecular flexibility index (Phi) is 4.09. The van der Waals surface area contributed by atoms with Gasteiger partial charge in [-0.25, -0.2) is 4.98 Å². The molecule has 0 aliphatic carbocycles. The van der Waals surface area contributed by atoms with Crippen molar-refractivity contribution in [1.82, 2.24) is 10.3 Å². The summed E-state index contributed by atoms with van der Waals surface area (Å²) >= 11 is 1.82. The number of thiazole rings is 1. The Morgan fingerprint density at radius 2 is 2.06 bits per heavy atom. The average Bonchev–Trinajstić information content (AvgIpc) is 2.76. The maximum atomic E-state index is 5.42. The van der Waals surface area contributed by atoms with Gasteiger partial charge in [0.15, 0.2) is 0 Å². The van der Waals surface area contributed by atoms with E-state index in [2.05, 4.69) is 38.0 Å². The molecule has 0 spiro atoms. The van der Waals surface area contributed by atoms with Crippen molar-refractivity contribution in [2.45, 2.75) is 58.0 Å². The van der Waals surface area contributed by atoms with E-state index >= 15 is 0 Å². The standard InChI is InChI=1S/C14H24N2OS/c1-13(2,3)12-15-9-11(18-12)10-16-14(4)5-7-17-8-6-14/h9,16H,5-8,10H2,1-4H3. The number of hydrogen-bond acceptors (Lipinski definition) is 4. The number of nitrogens with one attached hydrogen (secondary N) is 1. The molecule has 1 N–H and O–H groups in total. The van der Waals surface area contributed by atoms with Crippen molar-refractivity contribution in [3.8, 4) is 0 Å². The second-order valence-electron chi connectivity index (χ2n) is 6.41. The van der Waals surface area contributed by atoms with E-state index in [1.165, 1.54) is 9.88 Å². The van der Waals surface area contributed by atoms with Crippen molar-refractivity contribution in [3.63, 3.8) is 0 Å². The summed E-state index contributed by atoms with van der Waals surface area (Å²) < 4.78 is 5.42. The molecule has 1 aromatic heterocycles. The van der Waals surface area contributed by atoms with Crippen LogP contribution < -0.4 is 5.32 Å². The van der Waals surface area contributed by atoms with Crippen molar-refractivity contribution >= 4 is 11.3 Å². The molecule has 1 aliphatic rings. The molecule has 1 aromatic rings. The van der Waals surface area contributed by atoms with Crippen molar-refractivity contribution in [2.75, 3.05) is 13.2 Å². The summed E-state index contributed by atoms with van der Waals surface area (Å²) in [6.07, 6.45) is 4.21. The van der Waals surface area contributed by atoms with Crippen LogP contribution in [-0.4, -0.2) is 23.7 Å². The topological polar surface area (TPSA) is 34.2 Å². The Morgan fingerprint density at radius 3 is 2.61 bits per heavy atom. The quantitative estimate of drug-likeness (QED) is 0.914. The van der Waals surface area contributed by atoms with E-state index < -0.39 is 0 Å². The summed E-state index contributed by atoms with van der Waals surface area (Å²) in [6, 6.07) is 0. The van der Waals surface area contributed by atoms with Crippen molar-refractivity contribution in [1.29, 1.82) is 0 Å². The zero-order valence-electron chi connectivity index (χ0n) is 11.9. The summed E-state index contributed by atoms with van der Waals surface area (Å²) in [5.41, 5.74) is 0.385. The first-order valence-electron chi connectivity index (χ1n) is 6.67. The molecule has 4 heteroatoms. The lowest BCUT2D eigenvalue weighted by Gasteiger charge is -2.34. The molecule has 2 heterocycles. The summed E-state index contributed by atoms with van der Waals surface area (Å²) in [5, 5.41) is 4.89. The Labute approximate surface area is 114 Å². The van der Waals surface area contributed by atoms with Gasteiger partial charge in [-0.05, 0) is 19.8 Å². The number of nitrogens with zero attached hydrogens (tertiary/aromatic N) is 1. The van der Waals surface area contributed by atoms with E-state index in [0.29, 0.717) is 0 Å². The molecule has 0 amide bonds. The van der Waals surface area contributed by atoms with Gasteiger partial charge in [0.2, 0.25) is 0 Å². The number of rotatable bonds is 3. The zero-order chi connectivity index (χ0) is 13.2. The van der Waals surface area contributed by atoms with Crippen LogP contribution in [0.3, 0.4) is 0 Å². The summed E-state index contributed by atoms with van der Waals surface area (Å²) in [5.74, 6) is 0. The lowest BCUT2D eigenvalue weighted by atomic mass is 9.92. The fourth-order valence-electron chi connectivity index (χ4n) is 2.04. The zero-order valence-corrected chi connectivity index (χ0v) is 12.7. The number of ether oxygens (including phenoxy) is 1. The second-order valence-corrected chi connectivity index (χ2v) is 7.52. The van der Waals surface area contributed by atoms with Crippen molar-refractivity contribution < 1.29 is 4.74 Å². The van der Waals surface area contributed by atoms with Crippen LogP contribution in [0.25, 0.3) is 0 Å². The third-order valence-corrected chi connectivity index (χ3v) is 4.90. The molecule has 0 atom stereocenters. The maximum absolute atomic E-state index is 5.42. The first-order valence-corrected chi connectivity index (χ1v) is 7.49. The van der Waals surface area contributed by atoms with Gasteiger partial charge in [-0.2, -0.15) is 0 Å². The van der Waals surface area contributed by atoms with Crippen LogP contribution in [0, 0.1) is 0 Å². The van der Waals surface area contributed by atoms with Crippen LogP contribution in [0.5, 0.6) is 0 Å². The van der Waals surface area contributed by atoms with Crippen LogP contribution in [-0.2, 0) is 16.7 Å². The second kappa shape index (κ2) is 5.27. The average molecular weight is 268 g/mol. The van der Waals surface area contributed by atoms with Gasteiger partial charge in [0.05, 0.1) is 5.01 Å². The third kappa shape index (κ3) is 3.53. The first kappa shape index (κ1) is 14.0. The molecular weight excluding hydrogens is 244 g/mol. The van der Waals surface area contributed by atoms with Gasteiger partial charge in [-0.15, -0.1) is 11.3 Å². The van der Waals surface area contributed by atoms with E-state index in [1.807, 2.05) is 17.5 Å². The maximum Gasteiger partial charge on any atom is 0.0981 e. The van der Waals surface area contributed by atoms with E-state index in [9.17, 15) is 0 Å². The largest absolute Gasteiger partial charge is 0.381 e. The van der Waals surface area contributed by atoms with Crippen molar-refractivity contribution in [3.05, 3.63) is 16.1 Å². The molecule has 1 saturated heterocycles. The van der Waals surface area contributed by atoms with Crippen LogP contribution >= 0.6 is 11.3 Å². The minimum Gasteiger partial charge on any atom is -0.381 e. The van der Waals surface area contributed by atoms with Gasteiger partial charge in [0, 0.05) is 41.8 Å². The number of aromatic nitrogens is 1. The highest BCUT2D eigenvalue weighted by Crippen LogP contribution is 2.27. The lowest BCUT2D eigenvalue weighted by molar-refractivity contribution is 0.0447. The SMILES string of the molecule is CC1(NCc2cnc(C(C)(C)C)s2)CCOCC1. The molecule has 18 heavy (non-hydrogen) atoms. The van der Waals surface area contributed by atoms with Gasteiger partial charge in [-0.3, -0.25) is 0 Å². The fraction of sp³-hybridized carbons (Fsp3) is 0.786. The molecule has 102 valence electrons. The molecule has 0 unspecified atom stereocenters. The van der Waals surface area contributed by atoms with Crippen molar-refractivity contribution in [2.24, 2.45) is 0 Å². The third-order valence-electron chi connectivity index (χ3n) is 3.48. The smallest absolute Gasteiger partial charge is 0.0981 e. The van der Waals surface area contributed by atoms with Gasteiger partial charge >= 0.3 is 0 Å². The molecule has 0 aromatic carbocycles. The van der Waals surface area contributed by atoms with Crippen LogP contribution in [0.1, 0.15) is 50.4 Å². The van der Waals surface area contributed by atoms with Crippen LogP contribution in [0.15, 0.2) is 6.20 Å². The van der Waals surface area contributed by atoms with Gasteiger partial charge < -0.3 is 10.1 Å². The normalized spacial score (nSPS) is 20.0. The minimum absolute atomic E-state index is 0.158. The predicted octanol–water partition coefficient (Wildman–Crippen LogP) is 3.10. The molecule has 0 radical (unpaired) electrons. The molecule has 1 aliphatic heterocycles. The molecule has 2 rings (SSSR count). The Hall–Kier alpha value is -0.450. The highest BCUT2D eigenvalue weighted by atomic mass is 32.1. The van der Waals surface area contributed by atoms with Gasteiger partial charge in [0.1, 0.15) is 0 Å². The van der Waals surface area contributed by atoms with Gasteiger partial charge in [0.25, 0.3) is 0 Å². The minimum atomic E-state index is 0.158. The molecular formula is C14H24N2OS. The highest BCUT2D eigenvalue weighted by molar-refractivity contribution is 7.11. The summed E-state index contributed by atoms with van der Waals surface area (Å²) in [4.78, 5) is 5.85. The lowest BCUT2D eigenvalue weighted by Crippen LogP contribution is -2.46. The summed E-state index contributed by atoms with van der Waals surface area (Å²) in [6.45, 7) is 11.6. The van der Waals surface area contributed by atoms with Crippen LogP contribution in [0.2, 0.25) is 0 Å². The van der Waals surface area contributed by atoms with E-state index in [4.69, 9.17) is 4.74 Å². The van der Waals surface area contributed by atoms with Crippen LogP contribution in [0.4, 0.5) is 0 Å². The van der Waals surface area contributed by atoms with E-state index in [-0.39, 0.29) is 11.0 Å². The number of hydrogen-bond donors (Lipinski definition) is 1. The fourth-order valence-corrected chi connectivity index (χ4v) is 2.94. The Balaban J connectivity index is 1.92. The van der Waals surface area contributed by atoms with E-state index in [1.54, 1.807) is 0 Å². The summed E-state index contributed by atoms with van der Waals surface area (Å²) in [7, 11) is 0. The highest BCUT2D eigenvalue weighted by Gasteiger charge is 2.27. The first-order chi connectivity index (χ1) is 8.39. The van der Waals surface area contributed by atoms with Gasteiger partial charge in [-0.1, -0.05) is 20.8 Å².